The number of Topliss-reactive ketones (excluding diaryl/α,β-unsaturated/α-hetero) is 1. The zero-order chi connectivity index (χ0) is 13.7. The monoisotopic (exact) mass is 255 g/mol. The van der Waals surface area contributed by atoms with Gasteiger partial charge in [-0.25, -0.2) is 4.39 Å². The molecule has 4 heteroatoms. The van der Waals surface area contributed by atoms with Gasteiger partial charge in [0.25, 0.3) is 0 Å². The molecule has 0 aromatic heterocycles. The summed E-state index contributed by atoms with van der Waals surface area (Å²) in [5.41, 5.74) is 0.440. The van der Waals surface area contributed by atoms with Crippen molar-refractivity contribution < 1.29 is 13.9 Å². The Bertz CT molecular complexity index is 647. The zero-order valence-corrected chi connectivity index (χ0v) is 9.97. The van der Waals surface area contributed by atoms with Gasteiger partial charge in [-0.3, -0.25) is 4.79 Å². The number of ether oxygens (including phenoxy) is 1. The van der Waals surface area contributed by atoms with Crippen LogP contribution in [0.25, 0.3) is 0 Å². The average molecular weight is 255 g/mol. The van der Waals surface area contributed by atoms with E-state index in [2.05, 4.69) is 0 Å². The van der Waals surface area contributed by atoms with E-state index in [-0.39, 0.29) is 12.2 Å². The first-order valence-electron chi connectivity index (χ1n) is 5.61. The van der Waals surface area contributed by atoms with Crippen LogP contribution in [0.2, 0.25) is 0 Å². The van der Waals surface area contributed by atoms with Crippen LogP contribution in [-0.4, -0.2) is 12.4 Å². The fraction of sp³-hybridized carbons (Fsp3) is 0.0667. The van der Waals surface area contributed by atoms with Crippen molar-refractivity contribution >= 4 is 5.78 Å². The topological polar surface area (TPSA) is 50.1 Å². The van der Waals surface area contributed by atoms with Gasteiger partial charge in [-0.15, -0.1) is 0 Å². The zero-order valence-electron chi connectivity index (χ0n) is 9.97. The minimum Gasteiger partial charge on any atom is -0.485 e. The van der Waals surface area contributed by atoms with Crippen LogP contribution in [0.5, 0.6) is 5.75 Å². The molecule has 2 aromatic rings. The van der Waals surface area contributed by atoms with Gasteiger partial charge in [-0.1, -0.05) is 18.2 Å². The summed E-state index contributed by atoms with van der Waals surface area (Å²) in [5, 5.41) is 8.73. The number of hydrogen-bond acceptors (Lipinski definition) is 3. The molecule has 0 saturated carbocycles. The van der Waals surface area contributed by atoms with Gasteiger partial charge in [0.05, 0.1) is 17.2 Å². The van der Waals surface area contributed by atoms with E-state index >= 15 is 0 Å². The molecule has 2 rings (SSSR count). The third-order valence-corrected chi connectivity index (χ3v) is 2.51. The van der Waals surface area contributed by atoms with E-state index in [4.69, 9.17) is 10.00 Å². The largest absolute Gasteiger partial charge is 0.485 e. The van der Waals surface area contributed by atoms with Gasteiger partial charge in [0.2, 0.25) is 5.78 Å². The molecule has 94 valence electrons. The number of nitriles is 1. The van der Waals surface area contributed by atoms with Crippen molar-refractivity contribution in [2.75, 3.05) is 6.61 Å². The van der Waals surface area contributed by atoms with Crippen LogP contribution in [0.3, 0.4) is 0 Å². The highest BCUT2D eigenvalue weighted by Gasteiger charge is 2.11. The lowest BCUT2D eigenvalue weighted by atomic mass is 10.1. The van der Waals surface area contributed by atoms with E-state index in [0.717, 1.165) is 0 Å². The summed E-state index contributed by atoms with van der Waals surface area (Å²) in [6, 6.07) is 14.2. The minimum atomic E-state index is -0.568. The number of benzene rings is 2. The third kappa shape index (κ3) is 3.17. The quantitative estimate of drug-likeness (QED) is 0.789. The maximum Gasteiger partial charge on any atom is 0.203 e. The lowest BCUT2D eigenvalue weighted by molar-refractivity contribution is 0.0917. The minimum absolute atomic E-state index is 0.000984. The number of hydrogen-bond donors (Lipinski definition) is 0. The highest BCUT2D eigenvalue weighted by Crippen LogP contribution is 2.14. The van der Waals surface area contributed by atoms with Crippen molar-refractivity contribution in [1.82, 2.24) is 0 Å². The van der Waals surface area contributed by atoms with Crippen molar-refractivity contribution in [2.45, 2.75) is 0 Å². The Morgan fingerprint density at radius 1 is 1.21 bits per heavy atom. The molecular weight excluding hydrogens is 245 g/mol. The Kier molecular flexibility index (Phi) is 3.89. The Morgan fingerprint density at radius 3 is 2.74 bits per heavy atom. The van der Waals surface area contributed by atoms with Gasteiger partial charge in [0, 0.05) is 0 Å². The second-order valence-corrected chi connectivity index (χ2v) is 3.83. The predicted molar refractivity (Wildman–Crippen MR) is 67.4 cm³/mol. The molecule has 0 N–H and O–H groups in total. The SMILES string of the molecule is N#Cc1cccc(OCC(=O)c2ccccc2F)c1. The van der Waals surface area contributed by atoms with E-state index in [1.807, 2.05) is 6.07 Å². The average Bonchev–Trinajstić information content (AvgIpc) is 2.45. The maximum absolute atomic E-state index is 13.4. The molecule has 0 spiro atoms. The molecule has 3 nitrogen and oxygen atoms in total. The molecule has 0 atom stereocenters. The highest BCUT2D eigenvalue weighted by atomic mass is 19.1. The third-order valence-electron chi connectivity index (χ3n) is 2.51. The Balaban J connectivity index is 2.05. The molecule has 0 heterocycles. The fourth-order valence-electron chi connectivity index (χ4n) is 1.57. The lowest BCUT2D eigenvalue weighted by Crippen LogP contribution is -2.13. The summed E-state index contributed by atoms with van der Waals surface area (Å²) >= 11 is 0. The van der Waals surface area contributed by atoms with Gasteiger partial charge >= 0.3 is 0 Å². The molecular formula is C15H10FNO2. The van der Waals surface area contributed by atoms with Gasteiger partial charge in [-0.05, 0) is 30.3 Å². The van der Waals surface area contributed by atoms with Crippen LogP contribution < -0.4 is 4.74 Å². The molecule has 0 amide bonds. The molecule has 2 aromatic carbocycles. The Hall–Kier alpha value is -2.67. The second kappa shape index (κ2) is 5.78. The lowest BCUT2D eigenvalue weighted by Gasteiger charge is -2.06. The maximum atomic E-state index is 13.4. The normalized spacial score (nSPS) is 9.68. The number of halogens is 1. The van der Waals surface area contributed by atoms with Crippen molar-refractivity contribution in [2.24, 2.45) is 0 Å². The number of nitrogens with zero attached hydrogens (tertiary/aromatic N) is 1. The summed E-state index contributed by atoms with van der Waals surface area (Å²) in [6.45, 7) is -0.268. The number of carbonyl (C=O) groups excluding carboxylic acids is 1. The molecule has 0 radical (unpaired) electrons. The van der Waals surface area contributed by atoms with Crippen LogP contribution in [0.4, 0.5) is 4.39 Å². The summed E-state index contributed by atoms with van der Waals surface area (Å²) in [4.78, 5) is 11.8. The van der Waals surface area contributed by atoms with Crippen LogP contribution in [-0.2, 0) is 0 Å². The van der Waals surface area contributed by atoms with Gasteiger partial charge < -0.3 is 4.74 Å². The van der Waals surface area contributed by atoms with Crippen LogP contribution >= 0.6 is 0 Å². The first kappa shape index (κ1) is 12.8. The fourth-order valence-corrected chi connectivity index (χ4v) is 1.57. The van der Waals surface area contributed by atoms with Crippen LogP contribution in [0.15, 0.2) is 48.5 Å². The summed E-state index contributed by atoms with van der Waals surface area (Å²) in [7, 11) is 0. The van der Waals surface area contributed by atoms with Crippen molar-refractivity contribution in [3.8, 4) is 11.8 Å². The van der Waals surface area contributed by atoms with E-state index in [1.54, 1.807) is 24.3 Å². The standard InChI is InChI=1S/C15H10FNO2/c16-14-7-2-1-6-13(14)15(18)10-19-12-5-3-4-11(8-12)9-17/h1-8H,10H2. The molecule has 0 aliphatic heterocycles. The van der Waals surface area contributed by atoms with Gasteiger partial charge in [0.15, 0.2) is 6.61 Å². The van der Waals surface area contributed by atoms with Gasteiger partial charge in [-0.2, -0.15) is 5.26 Å². The summed E-state index contributed by atoms with van der Waals surface area (Å²) < 4.78 is 18.6. The number of rotatable bonds is 4. The summed E-state index contributed by atoms with van der Waals surface area (Å²) in [6.07, 6.45) is 0. The Morgan fingerprint density at radius 2 is 2.00 bits per heavy atom. The van der Waals surface area contributed by atoms with Crippen molar-refractivity contribution in [3.63, 3.8) is 0 Å². The molecule has 19 heavy (non-hydrogen) atoms. The second-order valence-electron chi connectivity index (χ2n) is 3.83. The van der Waals surface area contributed by atoms with E-state index in [1.165, 1.54) is 24.3 Å². The van der Waals surface area contributed by atoms with E-state index in [0.29, 0.717) is 11.3 Å². The van der Waals surface area contributed by atoms with Gasteiger partial charge in [0.1, 0.15) is 11.6 Å². The molecule has 0 bridgehead atoms. The van der Waals surface area contributed by atoms with Crippen molar-refractivity contribution in [1.29, 1.82) is 5.26 Å². The van der Waals surface area contributed by atoms with Crippen molar-refractivity contribution in [3.05, 3.63) is 65.5 Å². The molecule has 0 aliphatic rings. The summed E-state index contributed by atoms with van der Waals surface area (Å²) in [5.74, 6) is -0.605. The molecule has 0 unspecified atom stereocenters. The van der Waals surface area contributed by atoms with Crippen LogP contribution in [0, 0.1) is 17.1 Å². The number of ketones is 1. The first-order chi connectivity index (χ1) is 9.20. The van der Waals surface area contributed by atoms with Crippen LogP contribution in [0.1, 0.15) is 15.9 Å². The Labute approximate surface area is 109 Å². The van der Waals surface area contributed by atoms with E-state index < -0.39 is 11.6 Å². The molecule has 0 fully saturated rings. The highest BCUT2D eigenvalue weighted by molar-refractivity contribution is 5.97. The smallest absolute Gasteiger partial charge is 0.203 e. The molecule has 0 saturated heterocycles. The molecule has 0 aliphatic carbocycles. The van der Waals surface area contributed by atoms with E-state index in [9.17, 15) is 9.18 Å². The first-order valence-corrected chi connectivity index (χ1v) is 5.61. The predicted octanol–water partition coefficient (Wildman–Crippen LogP) is 2.96. The number of carbonyl (C=O) groups is 1.